The Morgan fingerprint density at radius 3 is 2.62 bits per heavy atom. The maximum Gasteiger partial charge on any atom is 0.308 e. The lowest BCUT2D eigenvalue weighted by Gasteiger charge is -2.21. The Morgan fingerprint density at radius 1 is 1.06 bits per heavy atom. The van der Waals surface area contributed by atoms with Crippen molar-refractivity contribution in [1.29, 1.82) is 0 Å². The average Bonchev–Trinajstić information content (AvgIpc) is 3.14. The van der Waals surface area contributed by atoms with Crippen molar-refractivity contribution in [2.24, 2.45) is 0 Å². The van der Waals surface area contributed by atoms with Crippen molar-refractivity contribution in [3.63, 3.8) is 0 Å². The quantitative estimate of drug-likeness (QED) is 0.405. The van der Waals surface area contributed by atoms with Crippen molar-refractivity contribution in [2.45, 2.75) is 24.4 Å². The smallest absolute Gasteiger partial charge is 0.308 e. The molecule has 5 rings (SSSR count). The van der Waals surface area contributed by atoms with Crippen molar-refractivity contribution in [1.82, 2.24) is 9.29 Å². The van der Waals surface area contributed by atoms with Crippen LogP contribution in [0.4, 0.5) is 0 Å². The van der Waals surface area contributed by atoms with E-state index in [0.717, 1.165) is 22.5 Å². The van der Waals surface area contributed by atoms with Crippen LogP contribution in [0.15, 0.2) is 70.4 Å². The van der Waals surface area contributed by atoms with Crippen LogP contribution in [0.5, 0.6) is 11.5 Å². The zero-order valence-electron chi connectivity index (χ0n) is 18.2. The van der Waals surface area contributed by atoms with Gasteiger partial charge in [-0.25, -0.2) is 13.1 Å². The predicted octanol–water partition coefficient (Wildman–Crippen LogP) is 4.58. The van der Waals surface area contributed by atoms with E-state index in [1.54, 1.807) is 35.8 Å². The second kappa shape index (κ2) is 9.07. The van der Waals surface area contributed by atoms with Crippen LogP contribution in [0.25, 0.3) is 10.2 Å². The van der Waals surface area contributed by atoms with E-state index < -0.39 is 16.1 Å². The number of thiazole rings is 1. The Bertz CT molecular complexity index is 1540. The van der Waals surface area contributed by atoms with Crippen LogP contribution in [0, 0.1) is 0 Å². The summed E-state index contributed by atoms with van der Waals surface area (Å²) in [5, 5.41) is 0.574. The minimum atomic E-state index is -3.84. The van der Waals surface area contributed by atoms with Gasteiger partial charge in [-0.3, -0.25) is 9.36 Å². The third-order valence-electron chi connectivity index (χ3n) is 5.63. The molecule has 0 radical (unpaired) electrons. The van der Waals surface area contributed by atoms with Crippen LogP contribution >= 0.6 is 22.9 Å². The van der Waals surface area contributed by atoms with Crippen molar-refractivity contribution in [2.75, 3.05) is 13.2 Å². The Hall–Kier alpha value is -2.85. The van der Waals surface area contributed by atoms with Crippen molar-refractivity contribution in [3.05, 3.63) is 86.5 Å². The molecule has 0 saturated carbocycles. The van der Waals surface area contributed by atoms with Gasteiger partial charge in [0.1, 0.15) is 13.2 Å². The Kier molecular flexibility index (Phi) is 6.11. The second-order valence-corrected chi connectivity index (χ2v) is 11.0. The fourth-order valence-electron chi connectivity index (χ4n) is 3.86. The first-order valence-corrected chi connectivity index (χ1v) is 13.3. The molecule has 1 aliphatic heterocycles. The van der Waals surface area contributed by atoms with Crippen LogP contribution in [0.2, 0.25) is 5.02 Å². The fourth-order valence-corrected chi connectivity index (χ4v) is 6.32. The van der Waals surface area contributed by atoms with Gasteiger partial charge in [0.25, 0.3) is 0 Å². The highest BCUT2D eigenvalue weighted by Crippen LogP contribution is 2.33. The van der Waals surface area contributed by atoms with E-state index in [1.165, 1.54) is 12.1 Å². The molecule has 1 aromatic heterocycles. The molecule has 1 aliphatic rings. The molecule has 176 valence electrons. The van der Waals surface area contributed by atoms with Crippen LogP contribution < -0.4 is 19.1 Å². The van der Waals surface area contributed by atoms with Gasteiger partial charge in [-0.15, -0.1) is 0 Å². The van der Waals surface area contributed by atoms with Crippen LogP contribution in [-0.2, 0) is 16.6 Å². The highest BCUT2D eigenvalue weighted by atomic mass is 35.5. The van der Waals surface area contributed by atoms with Gasteiger partial charge in [-0.2, -0.15) is 0 Å². The number of ether oxygens (including phenoxy) is 2. The number of hydrogen-bond acceptors (Lipinski definition) is 6. The molecular weight excluding hydrogens is 496 g/mol. The largest absolute Gasteiger partial charge is 0.486 e. The molecule has 0 aliphatic carbocycles. The molecule has 0 fully saturated rings. The van der Waals surface area contributed by atoms with Crippen LogP contribution in [0.3, 0.4) is 0 Å². The Morgan fingerprint density at radius 2 is 1.82 bits per heavy atom. The fraction of sp³-hybridized carbons (Fsp3) is 0.208. The van der Waals surface area contributed by atoms with Gasteiger partial charge in [0.05, 0.1) is 21.7 Å². The zero-order chi connectivity index (χ0) is 23.9. The molecule has 2 heterocycles. The van der Waals surface area contributed by atoms with Gasteiger partial charge in [-0.1, -0.05) is 47.2 Å². The van der Waals surface area contributed by atoms with Crippen LogP contribution in [0.1, 0.15) is 24.1 Å². The molecule has 4 aromatic rings. The molecule has 0 amide bonds. The van der Waals surface area contributed by atoms with Crippen LogP contribution in [-0.4, -0.2) is 26.2 Å². The highest BCUT2D eigenvalue weighted by molar-refractivity contribution is 7.89. The molecule has 1 unspecified atom stereocenters. The second-order valence-electron chi connectivity index (χ2n) is 7.92. The third-order valence-corrected chi connectivity index (χ3v) is 8.48. The molecule has 7 nitrogen and oxygen atoms in total. The van der Waals surface area contributed by atoms with E-state index in [0.29, 0.717) is 46.5 Å². The monoisotopic (exact) mass is 516 g/mol. The SMILES string of the molecule is CC(NS(=O)(=O)c1ccc2c(c1)sc(=O)n2Cc1ccccc1Cl)c1ccc2c(c1)OCCO2. The van der Waals surface area contributed by atoms with E-state index in [1.807, 2.05) is 24.3 Å². The lowest BCUT2D eigenvalue weighted by Crippen LogP contribution is -2.27. The van der Waals surface area contributed by atoms with Gasteiger partial charge in [0, 0.05) is 11.1 Å². The van der Waals surface area contributed by atoms with Gasteiger partial charge in [0.2, 0.25) is 10.0 Å². The molecule has 0 saturated heterocycles. The molecule has 3 aromatic carbocycles. The number of nitrogens with one attached hydrogen (secondary N) is 1. The summed E-state index contributed by atoms with van der Waals surface area (Å²) >= 11 is 7.26. The number of fused-ring (bicyclic) bond motifs is 2. The van der Waals surface area contributed by atoms with Gasteiger partial charge in [-0.05, 0) is 54.4 Å². The normalized spacial score (nSPS) is 14.3. The summed E-state index contributed by atoms with van der Waals surface area (Å²) in [6.45, 7) is 3.02. The zero-order valence-corrected chi connectivity index (χ0v) is 20.5. The summed E-state index contributed by atoms with van der Waals surface area (Å²) in [5.74, 6) is 1.24. The maximum absolute atomic E-state index is 13.1. The summed E-state index contributed by atoms with van der Waals surface area (Å²) in [4.78, 5) is 12.6. The average molecular weight is 517 g/mol. The predicted molar refractivity (Wildman–Crippen MR) is 133 cm³/mol. The lowest BCUT2D eigenvalue weighted by molar-refractivity contribution is 0.171. The molecular formula is C24H21ClN2O5S2. The highest BCUT2D eigenvalue weighted by Gasteiger charge is 2.22. The van der Waals surface area contributed by atoms with Gasteiger partial charge < -0.3 is 9.47 Å². The van der Waals surface area contributed by atoms with E-state index in [9.17, 15) is 13.2 Å². The summed E-state index contributed by atoms with van der Waals surface area (Å²) in [6.07, 6.45) is 0. The first kappa shape index (κ1) is 22.9. The van der Waals surface area contributed by atoms with Crippen molar-refractivity contribution < 1.29 is 17.9 Å². The van der Waals surface area contributed by atoms with E-state index in [4.69, 9.17) is 21.1 Å². The number of rotatable bonds is 6. The maximum atomic E-state index is 13.1. The number of sulfonamides is 1. The summed E-state index contributed by atoms with van der Waals surface area (Å²) in [7, 11) is -3.84. The topological polar surface area (TPSA) is 86.6 Å². The third kappa shape index (κ3) is 4.44. The standard InChI is InChI=1S/C24H21ClN2O5S2/c1-15(16-6-9-21-22(12-16)32-11-10-31-21)26-34(29,30)18-7-8-20-23(13-18)33-24(28)27(20)14-17-4-2-3-5-19(17)25/h2-9,12-13,15,26H,10-11,14H2,1H3. The molecule has 10 heteroatoms. The number of aromatic nitrogens is 1. The number of halogens is 1. The van der Waals surface area contributed by atoms with E-state index in [-0.39, 0.29) is 9.77 Å². The van der Waals surface area contributed by atoms with Crippen molar-refractivity contribution in [3.8, 4) is 11.5 Å². The molecule has 0 spiro atoms. The first-order valence-electron chi connectivity index (χ1n) is 10.6. The minimum absolute atomic E-state index is 0.0931. The summed E-state index contributed by atoms with van der Waals surface area (Å²) in [6, 6.07) is 16.9. The number of benzene rings is 3. The number of nitrogens with zero attached hydrogens (tertiary/aromatic N) is 1. The van der Waals surface area contributed by atoms with Gasteiger partial charge in [0.15, 0.2) is 11.5 Å². The lowest BCUT2D eigenvalue weighted by atomic mass is 10.1. The van der Waals surface area contributed by atoms with Crippen molar-refractivity contribution >= 4 is 43.2 Å². The Labute approximate surface area is 205 Å². The molecule has 1 atom stereocenters. The summed E-state index contributed by atoms with van der Waals surface area (Å²) < 4.78 is 42.2. The van der Waals surface area contributed by atoms with E-state index >= 15 is 0 Å². The number of hydrogen-bond donors (Lipinski definition) is 1. The van der Waals surface area contributed by atoms with Gasteiger partial charge >= 0.3 is 4.87 Å². The van der Waals surface area contributed by atoms with E-state index in [2.05, 4.69) is 4.72 Å². The minimum Gasteiger partial charge on any atom is -0.486 e. The molecule has 1 N–H and O–H groups in total. The molecule has 0 bridgehead atoms. The Balaban J connectivity index is 1.41. The molecule has 34 heavy (non-hydrogen) atoms. The summed E-state index contributed by atoms with van der Waals surface area (Å²) in [5.41, 5.74) is 2.23. The first-order chi connectivity index (χ1) is 16.3.